The number of aliphatic hydroxyl groups is 2. The van der Waals surface area contributed by atoms with Crippen molar-refractivity contribution >= 4 is 11.9 Å². The SMILES string of the molecule is CCCCCCCCCCCCCCCCCCCCCC(=O)OCCCCCCCCC/C=C\CCCCCCCC(=O)NC(CO)C(O)CCCCCCCCCCCCCCCCCCCCC. The Morgan fingerprint density at radius 2 is 0.662 bits per heavy atom. The Morgan fingerprint density at radius 1 is 0.380 bits per heavy atom. The van der Waals surface area contributed by atoms with Crippen LogP contribution in [0.15, 0.2) is 12.2 Å². The topological polar surface area (TPSA) is 95.9 Å². The van der Waals surface area contributed by atoms with Crippen LogP contribution in [0.2, 0.25) is 0 Å². The average molecular weight is 1000 g/mol. The van der Waals surface area contributed by atoms with Gasteiger partial charge in [-0.2, -0.15) is 0 Å². The van der Waals surface area contributed by atoms with Crippen LogP contribution in [-0.2, 0) is 14.3 Å². The molecule has 0 radical (unpaired) electrons. The van der Waals surface area contributed by atoms with Crippen molar-refractivity contribution in [1.82, 2.24) is 5.32 Å². The Hall–Kier alpha value is -1.40. The molecule has 0 aromatic rings. The normalized spacial score (nSPS) is 12.6. The second kappa shape index (κ2) is 61.1. The zero-order valence-electron chi connectivity index (χ0n) is 48.2. The molecule has 6 nitrogen and oxygen atoms in total. The lowest BCUT2D eigenvalue weighted by molar-refractivity contribution is -0.143. The third kappa shape index (κ3) is 57.7. The molecule has 0 aliphatic heterocycles. The summed E-state index contributed by atoms with van der Waals surface area (Å²) in [6, 6.07) is -0.554. The van der Waals surface area contributed by atoms with E-state index < -0.39 is 12.1 Å². The van der Waals surface area contributed by atoms with E-state index in [9.17, 15) is 19.8 Å². The molecule has 0 rings (SSSR count). The number of hydrogen-bond acceptors (Lipinski definition) is 5. The number of aliphatic hydroxyl groups excluding tert-OH is 2. The minimum Gasteiger partial charge on any atom is -0.466 e. The lowest BCUT2D eigenvalue weighted by Crippen LogP contribution is -2.45. The summed E-state index contributed by atoms with van der Waals surface area (Å²) in [6.07, 6.45) is 73.7. The summed E-state index contributed by atoms with van der Waals surface area (Å²) in [5.41, 5.74) is 0. The van der Waals surface area contributed by atoms with Crippen molar-refractivity contribution < 1.29 is 24.5 Å². The van der Waals surface area contributed by atoms with Crippen LogP contribution in [0.4, 0.5) is 0 Å². The van der Waals surface area contributed by atoms with E-state index in [1.165, 1.54) is 270 Å². The van der Waals surface area contributed by atoms with Crippen LogP contribution >= 0.6 is 0 Å². The van der Waals surface area contributed by atoms with Crippen LogP contribution in [0, 0.1) is 0 Å². The second-order valence-corrected chi connectivity index (χ2v) is 22.5. The summed E-state index contributed by atoms with van der Waals surface area (Å²) in [4.78, 5) is 24.6. The van der Waals surface area contributed by atoms with Crippen LogP contribution in [0.3, 0.4) is 0 Å². The Labute approximate surface area is 444 Å². The van der Waals surface area contributed by atoms with Crippen molar-refractivity contribution in [1.29, 1.82) is 0 Å². The van der Waals surface area contributed by atoms with Crippen LogP contribution in [0.25, 0.3) is 0 Å². The molecular weight excluding hydrogens is 875 g/mol. The molecule has 0 aliphatic carbocycles. The number of unbranched alkanes of at least 4 members (excludes halogenated alkanes) is 48. The van der Waals surface area contributed by atoms with Crippen LogP contribution in [-0.4, -0.2) is 47.4 Å². The highest BCUT2D eigenvalue weighted by Gasteiger charge is 2.20. The van der Waals surface area contributed by atoms with E-state index in [1.54, 1.807) is 0 Å². The lowest BCUT2D eigenvalue weighted by atomic mass is 10.0. The third-order valence-electron chi connectivity index (χ3n) is 15.3. The number of esters is 1. The van der Waals surface area contributed by atoms with Gasteiger partial charge in [0.15, 0.2) is 0 Å². The highest BCUT2D eigenvalue weighted by atomic mass is 16.5. The summed E-state index contributed by atoms with van der Waals surface area (Å²) in [7, 11) is 0. The van der Waals surface area contributed by atoms with E-state index >= 15 is 0 Å². The molecular formula is C65H127NO5. The Kier molecular flexibility index (Phi) is 59.9. The minimum absolute atomic E-state index is 0.00310. The number of carbonyl (C=O) groups is 2. The number of hydrogen-bond donors (Lipinski definition) is 3. The third-order valence-corrected chi connectivity index (χ3v) is 15.3. The molecule has 422 valence electrons. The van der Waals surface area contributed by atoms with Gasteiger partial charge in [0.05, 0.1) is 25.4 Å². The highest BCUT2D eigenvalue weighted by Crippen LogP contribution is 2.18. The van der Waals surface area contributed by atoms with E-state index in [0.29, 0.717) is 25.9 Å². The molecule has 6 heteroatoms. The fraction of sp³-hybridized carbons (Fsp3) is 0.938. The minimum atomic E-state index is -0.675. The molecule has 2 unspecified atom stereocenters. The molecule has 0 spiro atoms. The van der Waals surface area contributed by atoms with Crippen molar-refractivity contribution in [3.63, 3.8) is 0 Å². The molecule has 0 aliphatic rings. The van der Waals surface area contributed by atoms with Gasteiger partial charge in [0.25, 0.3) is 0 Å². The molecule has 0 saturated heterocycles. The van der Waals surface area contributed by atoms with Gasteiger partial charge < -0.3 is 20.3 Å². The first-order valence-corrected chi connectivity index (χ1v) is 32.4. The Morgan fingerprint density at radius 3 is 1.00 bits per heavy atom. The molecule has 0 aromatic carbocycles. The summed E-state index contributed by atoms with van der Waals surface area (Å²) >= 11 is 0. The van der Waals surface area contributed by atoms with E-state index in [1.807, 2.05) is 0 Å². The number of allylic oxidation sites excluding steroid dienone is 2. The average Bonchev–Trinajstić information content (AvgIpc) is 3.37. The van der Waals surface area contributed by atoms with Gasteiger partial charge in [-0.3, -0.25) is 9.59 Å². The maximum Gasteiger partial charge on any atom is 0.305 e. The van der Waals surface area contributed by atoms with Gasteiger partial charge in [0.2, 0.25) is 5.91 Å². The summed E-state index contributed by atoms with van der Waals surface area (Å²) in [5.74, 6) is -0.0450. The van der Waals surface area contributed by atoms with Crippen molar-refractivity contribution in [3.05, 3.63) is 12.2 Å². The van der Waals surface area contributed by atoms with Gasteiger partial charge in [0.1, 0.15) is 0 Å². The fourth-order valence-electron chi connectivity index (χ4n) is 10.3. The monoisotopic (exact) mass is 1000 g/mol. The summed E-state index contributed by atoms with van der Waals surface area (Å²) in [6.45, 7) is 4.97. The predicted octanol–water partition coefficient (Wildman–Crippen LogP) is 20.4. The number of rotatable bonds is 61. The van der Waals surface area contributed by atoms with E-state index in [4.69, 9.17) is 4.74 Å². The van der Waals surface area contributed by atoms with Gasteiger partial charge in [-0.15, -0.1) is 0 Å². The van der Waals surface area contributed by atoms with Gasteiger partial charge in [0, 0.05) is 12.8 Å². The molecule has 2 atom stereocenters. The summed E-state index contributed by atoms with van der Waals surface area (Å²) < 4.78 is 5.50. The maximum atomic E-state index is 12.5. The molecule has 0 aromatic heterocycles. The first kappa shape index (κ1) is 69.6. The quantitative estimate of drug-likeness (QED) is 0.0320. The van der Waals surface area contributed by atoms with Crippen molar-refractivity contribution in [2.75, 3.05) is 13.2 Å². The lowest BCUT2D eigenvalue weighted by Gasteiger charge is -2.22. The smallest absolute Gasteiger partial charge is 0.305 e. The zero-order chi connectivity index (χ0) is 51.4. The van der Waals surface area contributed by atoms with Gasteiger partial charge in [-0.05, 0) is 51.4 Å². The summed E-state index contributed by atoms with van der Waals surface area (Å²) in [5, 5.41) is 23.3. The van der Waals surface area contributed by atoms with Crippen LogP contribution in [0.5, 0.6) is 0 Å². The van der Waals surface area contributed by atoms with E-state index in [2.05, 4.69) is 31.3 Å². The number of amides is 1. The zero-order valence-corrected chi connectivity index (χ0v) is 48.2. The largest absolute Gasteiger partial charge is 0.466 e. The predicted molar refractivity (Wildman–Crippen MR) is 310 cm³/mol. The standard InChI is InChI=1S/C65H127NO5/c1-3-5-7-9-11-13-15-17-19-21-23-25-29-33-37-41-45-49-53-57-63(68)62(61-67)66-64(69)58-54-50-46-42-38-34-30-27-28-32-36-40-44-48-52-56-60-71-65(70)59-55-51-47-43-39-35-31-26-24-22-20-18-16-14-12-10-8-6-4-2/h27,30,62-63,67-68H,3-26,28-29,31-61H2,1-2H3,(H,66,69)/b30-27-. The molecule has 0 saturated carbocycles. The fourth-order valence-corrected chi connectivity index (χ4v) is 10.3. The molecule has 0 bridgehead atoms. The molecule has 0 heterocycles. The van der Waals surface area contributed by atoms with E-state index in [0.717, 1.165) is 64.2 Å². The Bertz CT molecular complexity index is 1060. The number of ether oxygens (including phenoxy) is 1. The van der Waals surface area contributed by atoms with E-state index in [-0.39, 0.29) is 18.5 Å². The highest BCUT2D eigenvalue weighted by molar-refractivity contribution is 5.76. The van der Waals surface area contributed by atoms with Gasteiger partial charge >= 0.3 is 5.97 Å². The number of nitrogens with one attached hydrogen (secondary N) is 1. The van der Waals surface area contributed by atoms with Crippen molar-refractivity contribution in [2.45, 2.75) is 379 Å². The van der Waals surface area contributed by atoms with Crippen molar-refractivity contribution in [3.8, 4) is 0 Å². The number of carbonyl (C=O) groups excluding carboxylic acids is 2. The molecule has 1 amide bonds. The molecule has 0 fully saturated rings. The van der Waals surface area contributed by atoms with Gasteiger partial charge in [-0.1, -0.05) is 315 Å². The Balaban J connectivity index is 3.43. The van der Waals surface area contributed by atoms with Gasteiger partial charge in [-0.25, -0.2) is 0 Å². The first-order chi connectivity index (χ1) is 35.0. The van der Waals surface area contributed by atoms with Crippen LogP contribution < -0.4 is 5.32 Å². The van der Waals surface area contributed by atoms with Crippen LogP contribution in [0.1, 0.15) is 367 Å². The second-order valence-electron chi connectivity index (χ2n) is 22.5. The molecule has 71 heavy (non-hydrogen) atoms. The first-order valence-electron chi connectivity index (χ1n) is 32.4. The molecule has 3 N–H and O–H groups in total. The maximum absolute atomic E-state index is 12.5. The van der Waals surface area contributed by atoms with Crippen molar-refractivity contribution in [2.24, 2.45) is 0 Å².